The predicted octanol–water partition coefficient (Wildman–Crippen LogP) is 3.18. The highest BCUT2D eigenvalue weighted by Gasteiger charge is 2.13. The fourth-order valence-corrected chi connectivity index (χ4v) is 2.65. The zero-order chi connectivity index (χ0) is 12.9. The van der Waals surface area contributed by atoms with Gasteiger partial charge in [0.15, 0.2) is 0 Å². The van der Waals surface area contributed by atoms with Crippen LogP contribution in [0.5, 0.6) is 0 Å². The van der Waals surface area contributed by atoms with E-state index in [2.05, 4.69) is 20.7 Å². The van der Waals surface area contributed by atoms with Crippen LogP contribution in [0.1, 0.15) is 19.8 Å². The minimum atomic E-state index is -3.41. The Kier molecular flexibility index (Phi) is 5.92. The van der Waals surface area contributed by atoms with Gasteiger partial charge in [-0.3, -0.25) is 0 Å². The molecular weight excluding hydrogens is 326 g/mol. The number of hydrogen-bond acceptors (Lipinski definition) is 2. The summed E-state index contributed by atoms with van der Waals surface area (Å²) in [7, 11) is -3.41. The van der Waals surface area contributed by atoms with Gasteiger partial charge >= 0.3 is 0 Å². The van der Waals surface area contributed by atoms with E-state index in [1.807, 2.05) is 6.92 Å². The first-order valence-electron chi connectivity index (χ1n) is 5.35. The van der Waals surface area contributed by atoms with Crippen LogP contribution in [-0.2, 0) is 10.0 Å². The maximum atomic E-state index is 11.8. The molecular formula is C11H15BrClNO2S. The summed E-state index contributed by atoms with van der Waals surface area (Å²) < 4.78 is 26.2. The van der Waals surface area contributed by atoms with E-state index < -0.39 is 10.0 Å². The van der Waals surface area contributed by atoms with E-state index in [0.717, 1.165) is 12.8 Å². The lowest BCUT2D eigenvalue weighted by atomic mass is 10.2. The SMILES string of the molecule is CCC(Br)CCNS(=O)(=O)c1ccc(Cl)cc1. The molecule has 0 aromatic heterocycles. The molecule has 0 spiro atoms. The second-order valence-electron chi connectivity index (χ2n) is 3.65. The number of alkyl halides is 1. The zero-order valence-electron chi connectivity index (χ0n) is 9.49. The van der Waals surface area contributed by atoms with Gasteiger partial charge in [0.1, 0.15) is 0 Å². The molecule has 17 heavy (non-hydrogen) atoms. The highest BCUT2D eigenvalue weighted by molar-refractivity contribution is 9.09. The summed E-state index contributed by atoms with van der Waals surface area (Å²) in [5.41, 5.74) is 0. The maximum Gasteiger partial charge on any atom is 0.240 e. The average Bonchev–Trinajstić information content (AvgIpc) is 2.29. The molecule has 0 bridgehead atoms. The van der Waals surface area contributed by atoms with Crippen LogP contribution in [0.4, 0.5) is 0 Å². The van der Waals surface area contributed by atoms with Crippen molar-refractivity contribution in [1.82, 2.24) is 4.72 Å². The Balaban J connectivity index is 2.60. The fourth-order valence-electron chi connectivity index (χ4n) is 1.25. The topological polar surface area (TPSA) is 46.2 Å². The summed E-state index contributed by atoms with van der Waals surface area (Å²) >= 11 is 9.16. The van der Waals surface area contributed by atoms with Crippen molar-refractivity contribution in [3.8, 4) is 0 Å². The summed E-state index contributed by atoms with van der Waals surface area (Å²) in [6, 6.07) is 6.12. The summed E-state index contributed by atoms with van der Waals surface area (Å²) in [5.74, 6) is 0. The van der Waals surface area contributed by atoms with Gasteiger partial charge in [0.25, 0.3) is 0 Å². The fraction of sp³-hybridized carbons (Fsp3) is 0.455. The first kappa shape index (κ1) is 15.0. The van der Waals surface area contributed by atoms with Crippen molar-refractivity contribution >= 4 is 37.6 Å². The van der Waals surface area contributed by atoms with Gasteiger partial charge in [0.2, 0.25) is 10.0 Å². The first-order chi connectivity index (χ1) is 7.95. The lowest BCUT2D eigenvalue weighted by molar-refractivity contribution is 0.577. The average molecular weight is 341 g/mol. The number of sulfonamides is 1. The molecule has 1 aromatic carbocycles. The third-order valence-electron chi connectivity index (χ3n) is 2.32. The molecule has 1 atom stereocenters. The van der Waals surface area contributed by atoms with E-state index >= 15 is 0 Å². The first-order valence-corrected chi connectivity index (χ1v) is 8.12. The highest BCUT2D eigenvalue weighted by atomic mass is 79.9. The number of benzene rings is 1. The summed E-state index contributed by atoms with van der Waals surface area (Å²) in [6.45, 7) is 2.47. The van der Waals surface area contributed by atoms with Crippen LogP contribution in [0.25, 0.3) is 0 Å². The van der Waals surface area contributed by atoms with Gasteiger partial charge in [-0.05, 0) is 37.1 Å². The molecule has 0 radical (unpaired) electrons. The van der Waals surface area contributed by atoms with Crippen LogP contribution in [0.2, 0.25) is 5.02 Å². The van der Waals surface area contributed by atoms with E-state index in [1.165, 1.54) is 12.1 Å². The number of hydrogen-bond donors (Lipinski definition) is 1. The molecule has 0 fully saturated rings. The van der Waals surface area contributed by atoms with E-state index in [9.17, 15) is 8.42 Å². The van der Waals surface area contributed by atoms with Gasteiger partial charge in [0, 0.05) is 16.4 Å². The minimum Gasteiger partial charge on any atom is -0.211 e. The molecule has 0 aliphatic heterocycles. The van der Waals surface area contributed by atoms with Crippen molar-refractivity contribution in [3.05, 3.63) is 29.3 Å². The third kappa shape index (κ3) is 4.95. The molecule has 1 aromatic rings. The van der Waals surface area contributed by atoms with Gasteiger partial charge in [-0.2, -0.15) is 0 Å². The second kappa shape index (κ2) is 6.73. The lowest BCUT2D eigenvalue weighted by Gasteiger charge is -2.09. The molecule has 1 N–H and O–H groups in total. The van der Waals surface area contributed by atoms with E-state index in [1.54, 1.807) is 12.1 Å². The summed E-state index contributed by atoms with van der Waals surface area (Å²) in [5, 5.41) is 0.524. The van der Waals surface area contributed by atoms with E-state index in [4.69, 9.17) is 11.6 Å². The second-order valence-corrected chi connectivity index (χ2v) is 7.14. The third-order valence-corrected chi connectivity index (χ3v) is 5.15. The van der Waals surface area contributed by atoms with Crippen LogP contribution in [0.3, 0.4) is 0 Å². The van der Waals surface area contributed by atoms with Crippen LogP contribution >= 0.6 is 27.5 Å². The Bertz CT molecular complexity index is 447. The normalized spacial score (nSPS) is 13.6. The Hall–Kier alpha value is -0.100. The lowest BCUT2D eigenvalue weighted by Crippen LogP contribution is -2.26. The molecule has 1 unspecified atom stereocenters. The zero-order valence-corrected chi connectivity index (χ0v) is 12.6. The van der Waals surface area contributed by atoms with Gasteiger partial charge in [-0.25, -0.2) is 13.1 Å². The maximum absolute atomic E-state index is 11.8. The Morgan fingerprint density at radius 2 is 1.94 bits per heavy atom. The number of nitrogens with one attached hydrogen (secondary N) is 1. The predicted molar refractivity (Wildman–Crippen MR) is 74.3 cm³/mol. The van der Waals surface area contributed by atoms with Gasteiger partial charge < -0.3 is 0 Å². The number of halogens is 2. The molecule has 3 nitrogen and oxygen atoms in total. The largest absolute Gasteiger partial charge is 0.240 e. The van der Waals surface area contributed by atoms with Crippen molar-refractivity contribution in [2.24, 2.45) is 0 Å². The molecule has 1 rings (SSSR count). The molecule has 0 saturated carbocycles. The molecule has 96 valence electrons. The highest BCUT2D eigenvalue weighted by Crippen LogP contribution is 2.14. The Morgan fingerprint density at radius 1 is 1.35 bits per heavy atom. The van der Waals surface area contributed by atoms with Crippen molar-refractivity contribution < 1.29 is 8.42 Å². The van der Waals surface area contributed by atoms with Crippen molar-refractivity contribution in [2.75, 3.05) is 6.54 Å². The molecule has 6 heteroatoms. The van der Waals surface area contributed by atoms with Crippen LogP contribution in [-0.4, -0.2) is 19.8 Å². The van der Waals surface area contributed by atoms with Gasteiger partial charge in [0.05, 0.1) is 4.90 Å². The van der Waals surface area contributed by atoms with Crippen molar-refractivity contribution in [1.29, 1.82) is 0 Å². The quantitative estimate of drug-likeness (QED) is 0.808. The van der Waals surface area contributed by atoms with Crippen LogP contribution in [0, 0.1) is 0 Å². The van der Waals surface area contributed by atoms with E-state index in [-0.39, 0.29) is 4.90 Å². The molecule has 0 saturated heterocycles. The van der Waals surface area contributed by atoms with Crippen molar-refractivity contribution in [3.63, 3.8) is 0 Å². The van der Waals surface area contributed by atoms with Crippen molar-refractivity contribution in [2.45, 2.75) is 29.5 Å². The standard InChI is InChI=1S/C11H15BrClNO2S/c1-2-9(12)7-8-14-17(15,16)11-5-3-10(13)4-6-11/h3-6,9,14H,2,7-8H2,1H3. The molecule has 0 heterocycles. The number of rotatable bonds is 6. The monoisotopic (exact) mass is 339 g/mol. The van der Waals surface area contributed by atoms with Gasteiger partial charge in [-0.1, -0.05) is 34.5 Å². The summed E-state index contributed by atoms with van der Waals surface area (Å²) in [4.78, 5) is 0.583. The molecule has 0 aliphatic rings. The van der Waals surface area contributed by atoms with Crippen LogP contribution in [0.15, 0.2) is 29.2 Å². The Labute approximate surface area is 116 Å². The molecule has 0 aliphatic carbocycles. The molecule has 0 amide bonds. The van der Waals surface area contributed by atoms with Gasteiger partial charge in [-0.15, -0.1) is 0 Å². The van der Waals surface area contributed by atoms with E-state index in [0.29, 0.717) is 16.4 Å². The van der Waals surface area contributed by atoms with Crippen LogP contribution < -0.4 is 4.72 Å². The Morgan fingerprint density at radius 3 is 2.47 bits per heavy atom. The smallest absolute Gasteiger partial charge is 0.211 e. The summed E-state index contributed by atoms with van der Waals surface area (Å²) in [6.07, 6.45) is 1.74. The minimum absolute atomic E-state index is 0.240.